The summed E-state index contributed by atoms with van der Waals surface area (Å²) in [7, 11) is 0. The lowest BCUT2D eigenvalue weighted by Crippen LogP contribution is -2.41. The molecule has 0 bridgehead atoms. The minimum atomic E-state index is -0.0970. The number of nitrogens with zero attached hydrogens (tertiary/aromatic N) is 3. The van der Waals surface area contributed by atoms with Crippen molar-refractivity contribution >= 4 is 35.0 Å². The van der Waals surface area contributed by atoms with E-state index in [0.717, 1.165) is 38.9 Å². The molecule has 2 aliphatic heterocycles. The average Bonchev–Trinajstić information content (AvgIpc) is 3.04. The summed E-state index contributed by atoms with van der Waals surface area (Å²) >= 11 is 12.1. The lowest BCUT2D eigenvalue weighted by molar-refractivity contribution is -0.131. The van der Waals surface area contributed by atoms with Crippen LogP contribution in [0.1, 0.15) is 29.6 Å². The van der Waals surface area contributed by atoms with E-state index < -0.39 is 0 Å². The molecule has 2 fully saturated rings. The molecule has 0 atom stereocenters. The second-order valence-electron chi connectivity index (χ2n) is 6.63. The molecule has 136 valence electrons. The summed E-state index contributed by atoms with van der Waals surface area (Å²) in [6.45, 7) is 4.98. The predicted molar refractivity (Wildman–Crippen MR) is 99.2 cm³/mol. The molecule has 0 N–H and O–H groups in total. The van der Waals surface area contributed by atoms with E-state index in [4.69, 9.17) is 23.2 Å². The van der Waals surface area contributed by atoms with Gasteiger partial charge in [0.2, 0.25) is 5.91 Å². The second kappa shape index (κ2) is 8.39. The molecule has 7 heteroatoms. The molecular weight excluding hydrogens is 361 g/mol. The highest BCUT2D eigenvalue weighted by molar-refractivity contribution is 6.35. The van der Waals surface area contributed by atoms with E-state index in [0.29, 0.717) is 41.8 Å². The van der Waals surface area contributed by atoms with Crippen LogP contribution in [0.3, 0.4) is 0 Å². The van der Waals surface area contributed by atoms with E-state index in [1.165, 1.54) is 0 Å². The van der Waals surface area contributed by atoms with Gasteiger partial charge in [-0.2, -0.15) is 0 Å². The smallest absolute Gasteiger partial charge is 0.255 e. The third-order valence-electron chi connectivity index (χ3n) is 4.85. The van der Waals surface area contributed by atoms with Gasteiger partial charge in [0.15, 0.2) is 0 Å². The Kier molecular flexibility index (Phi) is 6.20. The van der Waals surface area contributed by atoms with Crippen molar-refractivity contribution in [1.82, 2.24) is 14.7 Å². The van der Waals surface area contributed by atoms with Gasteiger partial charge < -0.3 is 9.80 Å². The number of rotatable bonds is 3. The molecule has 0 unspecified atom stereocenters. The van der Waals surface area contributed by atoms with Crippen LogP contribution >= 0.6 is 23.2 Å². The zero-order chi connectivity index (χ0) is 17.8. The Bertz CT molecular complexity index is 647. The highest BCUT2D eigenvalue weighted by Gasteiger charge is 2.25. The van der Waals surface area contributed by atoms with Gasteiger partial charge in [-0.3, -0.25) is 14.5 Å². The first kappa shape index (κ1) is 18.5. The van der Waals surface area contributed by atoms with Crippen molar-refractivity contribution < 1.29 is 9.59 Å². The Balaban J connectivity index is 1.58. The lowest BCUT2D eigenvalue weighted by atomic mass is 10.2. The molecule has 25 heavy (non-hydrogen) atoms. The van der Waals surface area contributed by atoms with Crippen LogP contribution in [0.2, 0.25) is 10.0 Å². The zero-order valence-corrected chi connectivity index (χ0v) is 15.7. The zero-order valence-electron chi connectivity index (χ0n) is 14.2. The molecule has 3 rings (SSSR count). The summed E-state index contributed by atoms with van der Waals surface area (Å²) in [6, 6.07) is 4.94. The molecule has 2 heterocycles. The topological polar surface area (TPSA) is 43.9 Å². The van der Waals surface area contributed by atoms with E-state index in [1.807, 2.05) is 4.90 Å². The molecule has 0 saturated carbocycles. The predicted octanol–water partition coefficient (Wildman–Crippen LogP) is 2.76. The van der Waals surface area contributed by atoms with Crippen LogP contribution in [0.15, 0.2) is 18.2 Å². The Morgan fingerprint density at radius 3 is 2.36 bits per heavy atom. The molecule has 1 aromatic rings. The van der Waals surface area contributed by atoms with Gasteiger partial charge >= 0.3 is 0 Å². The molecule has 0 aliphatic carbocycles. The van der Waals surface area contributed by atoms with Crippen LogP contribution in [0.4, 0.5) is 0 Å². The maximum Gasteiger partial charge on any atom is 0.255 e. The SMILES string of the molecule is O=C(CN1CCCN(C(=O)c2cc(Cl)ccc2Cl)CC1)N1CCCC1. The summed E-state index contributed by atoms with van der Waals surface area (Å²) in [5, 5.41) is 0.917. The van der Waals surface area contributed by atoms with Crippen molar-refractivity contribution in [3.8, 4) is 0 Å². The largest absolute Gasteiger partial charge is 0.342 e. The highest BCUT2D eigenvalue weighted by atomic mass is 35.5. The number of amides is 2. The Morgan fingerprint density at radius 1 is 0.880 bits per heavy atom. The van der Waals surface area contributed by atoms with Gasteiger partial charge in [-0.15, -0.1) is 0 Å². The summed E-state index contributed by atoms with van der Waals surface area (Å²) in [5.41, 5.74) is 0.441. The van der Waals surface area contributed by atoms with Crippen molar-refractivity contribution in [1.29, 1.82) is 0 Å². The van der Waals surface area contributed by atoms with Gasteiger partial charge in [-0.1, -0.05) is 23.2 Å². The Hall–Kier alpha value is -1.30. The number of carbonyl (C=O) groups excluding carboxylic acids is 2. The van der Waals surface area contributed by atoms with E-state index in [2.05, 4.69) is 4.90 Å². The second-order valence-corrected chi connectivity index (χ2v) is 7.48. The Morgan fingerprint density at radius 2 is 1.60 bits per heavy atom. The number of halogens is 2. The van der Waals surface area contributed by atoms with Crippen LogP contribution in [-0.2, 0) is 4.79 Å². The first-order chi connectivity index (χ1) is 12.0. The van der Waals surface area contributed by atoms with Gasteiger partial charge in [-0.25, -0.2) is 0 Å². The molecule has 5 nitrogen and oxygen atoms in total. The van der Waals surface area contributed by atoms with E-state index in [-0.39, 0.29) is 11.8 Å². The van der Waals surface area contributed by atoms with E-state index >= 15 is 0 Å². The van der Waals surface area contributed by atoms with Gasteiger partial charge in [0.1, 0.15) is 0 Å². The summed E-state index contributed by atoms with van der Waals surface area (Å²) in [6.07, 6.45) is 3.06. The van der Waals surface area contributed by atoms with Crippen LogP contribution in [0, 0.1) is 0 Å². The average molecular weight is 384 g/mol. The lowest BCUT2D eigenvalue weighted by Gasteiger charge is -2.24. The minimum Gasteiger partial charge on any atom is -0.342 e. The van der Waals surface area contributed by atoms with Crippen LogP contribution < -0.4 is 0 Å². The van der Waals surface area contributed by atoms with E-state index in [9.17, 15) is 9.59 Å². The molecule has 2 saturated heterocycles. The highest BCUT2D eigenvalue weighted by Crippen LogP contribution is 2.22. The van der Waals surface area contributed by atoms with Crippen LogP contribution in [0.5, 0.6) is 0 Å². The third-order valence-corrected chi connectivity index (χ3v) is 5.42. The molecule has 1 aromatic carbocycles. The van der Waals surface area contributed by atoms with Crippen molar-refractivity contribution in [3.05, 3.63) is 33.8 Å². The summed E-state index contributed by atoms with van der Waals surface area (Å²) in [5.74, 6) is 0.107. The number of hydrogen-bond donors (Lipinski definition) is 0. The van der Waals surface area contributed by atoms with Crippen molar-refractivity contribution in [3.63, 3.8) is 0 Å². The quantitative estimate of drug-likeness (QED) is 0.805. The molecular formula is C18H23Cl2N3O2. The molecule has 2 amide bonds. The van der Waals surface area contributed by atoms with Crippen molar-refractivity contribution in [2.45, 2.75) is 19.3 Å². The molecule has 0 aromatic heterocycles. The first-order valence-corrected chi connectivity index (χ1v) is 9.54. The summed E-state index contributed by atoms with van der Waals surface area (Å²) < 4.78 is 0. The monoisotopic (exact) mass is 383 g/mol. The number of carbonyl (C=O) groups is 2. The normalized spacial score (nSPS) is 19.1. The number of benzene rings is 1. The fourth-order valence-electron chi connectivity index (χ4n) is 3.42. The molecule has 2 aliphatic rings. The fraction of sp³-hybridized carbons (Fsp3) is 0.556. The summed E-state index contributed by atoms with van der Waals surface area (Å²) in [4.78, 5) is 31.0. The van der Waals surface area contributed by atoms with Gasteiger partial charge in [-0.05, 0) is 37.5 Å². The van der Waals surface area contributed by atoms with Gasteiger partial charge in [0, 0.05) is 44.3 Å². The van der Waals surface area contributed by atoms with Crippen molar-refractivity contribution in [2.24, 2.45) is 0 Å². The molecule has 0 radical (unpaired) electrons. The van der Waals surface area contributed by atoms with Crippen LogP contribution in [0.25, 0.3) is 0 Å². The van der Waals surface area contributed by atoms with Crippen LogP contribution in [-0.4, -0.2) is 72.3 Å². The maximum absolute atomic E-state index is 12.8. The number of hydrogen-bond acceptors (Lipinski definition) is 3. The maximum atomic E-state index is 12.8. The third kappa shape index (κ3) is 4.66. The number of likely N-dealkylation sites (tertiary alicyclic amines) is 1. The van der Waals surface area contributed by atoms with Gasteiger partial charge in [0.05, 0.1) is 17.1 Å². The fourth-order valence-corrected chi connectivity index (χ4v) is 3.79. The standard InChI is InChI=1S/C18H23Cl2N3O2/c19-14-4-5-16(20)15(12-14)18(25)23-9-3-6-21(10-11-23)13-17(24)22-7-1-2-8-22/h4-5,12H,1-3,6-11,13H2. The van der Waals surface area contributed by atoms with E-state index in [1.54, 1.807) is 23.1 Å². The Labute approximate surface area is 158 Å². The van der Waals surface area contributed by atoms with Gasteiger partial charge in [0.25, 0.3) is 5.91 Å². The molecule has 0 spiro atoms. The van der Waals surface area contributed by atoms with Crippen molar-refractivity contribution in [2.75, 3.05) is 45.8 Å². The minimum absolute atomic E-state index is 0.0970. The first-order valence-electron chi connectivity index (χ1n) is 8.79.